The van der Waals surface area contributed by atoms with Gasteiger partial charge in [-0.3, -0.25) is 9.69 Å². The van der Waals surface area contributed by atoms with E-state index in [2.05, 4.69) is 16.8 Å². The average molecular weight is 370 g/mol. The Kier molecular flexibility index (Phi) is 6.03. The summed E-state index contributed by atoms with van der Waals surface area (Å²) in [5, 5.41) is 1.41. The lowest BCUT2D eigenvalue weighted by molar-refractivity contribution is -0.139. The first kappa shape index (κ1) is 18.0. The van der Waals surface area contributed by atoms with Crippen LogP contribution in [-0.4, -0.2) is 66.9 Å². The van der Waals surface area contributed by atoms with Crippen molar-refractivity contribution in [2.45, 2.75) is 19.4 Å². The number of nitrogens with zero attached hydrogens (tertiary/aromatic N) is 3. The zero-order chi connectivity index (χ0) is 17.1. The molecular formula is C18H25Cl2N3O. The Bertz CT molecular complexity index is 567. The molecule has 0 saturated carbocycles. The summed E-state index contributed by atoms with van der Waals surface area (Å²) in [6.07, 6.45) is 2.03. The lowest BCUT2D eigenvalue weighted by Gasteiger charge is -2.38. The smallest absolute Gasteiger partial charge is 0.227 e. The van der Waals surface area contributed by atoms with E-state index in [1.54, 1.807) is 0 Å². The quantitative estimate of drug-likeness (QED) is 0.819. The highest BCUT2D eigenvalue weighted by Crippen LogP contribution is 2.28. The van der Waals surface area contributed by atoms with Crippen molar-refractivity contribution in [3.8, 4) is 0 Å². The lowest BCUT2D eigenvalue weighted by atomic mass is 9.95. The van der Waals surface area contributed by atoms with Gasteiger partial charge in [0, 0.05) is 54.9 Å². The molecular weight excluding hydrogens is 345 g/mol. The largest absolute Gasteiger partial charge is 0.340 e. The van der Waals surface area contributed by atoms with Crippen molar-refractivity contribution in [2.75, 3.05) is 46.3 Å². The molecule has 2 aliphatic heterocycles. The second-order valence-corrected chi connectivity index (χ2v) is 7.72. The van der Waals surface area contributed by atoms with Crippen molar-refractivity contribution >= 4 is 29.1 Å². The van der Waals surface area contributed by atoms with Gasteiger partial charge in [-0.15, -0.1) is 0 Å². The molecule has 2 heterocycles. The maximum absolute atomic E-state index is 12.8. The minimum atomic E-state index is 0.100. The van der Waals surface area contributed by atoms with E-state index in [-0.39, 0.29) is 5.92 Å². The molecule has 24 heavy (non-hydrogen) atoms. The van der Waals surface area contributed by atoms with E-state index in [0.717, 1.165) is 57.7 Å². The van der Waals surface area contributed by atoms with Gasteiger partial charge in [0.2, 0.25) is 5.91 Å². The number of benzene rings is 1. The molecule has 4 nitrogen and oxygen atoms in total. The molecule has 0 radical (unpaired) electrons. The standard InChI is InChI=1S/C18H25Cl2N3O/c1-21-8-10-23(11-9-21)18(24)14-4-3-7-22(12-14)13-15-16(19)5-2-6-17(15)20/h2,5-6,14H,3-4,7-13H2,1H3/t14-/m1/s1. The van der Waals surface area contributed by atoms with Crippen LogP contribution in [0, 0.1) is 5.92 Å². The van der Waals surface area contributed by atoms with Gasteiger partial charge in [-0.25, -0.2) is 0 Å². The molecule has 1 aromatic carbocycles. The first-order valence-corrected chi connectivity index (χ1v) is 9.43. The number of carbonyl (C=O) groups excluding carboxylic acids is 1. The molecule has 3 rings (SSSR count). The number of piperazine rings is 1. The Hall–Kier alpha value is -0.810. The minimum absolute atomic E-state index is 0.100. The number of amides is 1. The lowest BCUT2D eigenvalue weighted by Crippen LogP contribution is -2.51. The van der Waals surface area contributed by atoms with E-state index in [0.29, 0.717) is 22.5 Å². The fourth-order valence-corrected chi connectivity index (χ4v) is 4.11. The second-order valence-electron chi connectivity index (χ2n) is 6.90. The number of likely N-dealkylation sites (N-methyl/N-ethyl adjacent to an activating group) is 1. The molecule has 0 unspecified atom stereocenters. The summed E-state index contributed by atoms with van der Waals surface area (Å²) in [5.41, 5.74) is 0.966. The third-order valence-corrected chi connectivity index (χ3v) is 5.82. The van der Waals surface area contributed by atoms with Gasteiger partial charge in [-0.1, -0.05) is 29.3 Å². The molecule has 1 amide bonds. The van der Waals surface area contributed by atoms with E-state index >= 15 is 0 Å². The number of piperidine rings is 1. The molecule has 2 aliphatic rings. The Labute approximate surface area is 154 Å². The number of rotatable bonds is 3. The molecule has 1 atom stereocenters. The summed E-state index contributed by atoms with van der Waals surface area (Å²) in [7, 11) is 2.11. The second kappa shape index (κ2) is 8.05. The Morgan fingerprint density at radius 2 is 1.79 bits per heavy atom. The van der Waals surface area contributed by atoms with Crippen LogP contribution < -0.4 is 0 Å². The fraction of sp³-hybridized carbons (Fsp3) is 0.611. The van der Waals surface area contributed by atoms with Crippen molar-refractivity contribution in [3.63, 3.8) is 0 Å². The first-order chi connectivity index (χ1) is 11.5. The van der Waals surface area contributed by atoms with Crippen LogP contribution in [-0.2, 0) is 11.3 Å². The van der Waals surface area contributed by atoms with Crippen LogP contribution >= 0.6 is 23.2 Å². The number of hydrogen-bond acceptors (Lipinski definition) is 3. The number of halogens is 2. The van der Waals surface area contributed by atoms with Gasteiger partial charge in [0.05, 0.1) is 5.92 Å². The minimum Gasteiger partial charge on any atom is -0.340 e. The van der Waals surface area contributed by atoms with Gasteiger partial charge < -0.3 is 9.80 Å². The SMILES string of the molecule is CN1CCN(C(=O)[C@@H]2CCCN(Cc3c(Cl)cccc3Cl)C2)CC1. The molecule has 2 saturated heterocycles. The van der Waals surface area contributed by atoms with E-state index in [1.807, 2.05) is 23.1 Å². The summed E-state index contributed by atoms with van der Waals surface area (Å²) in [6, 6.07) is 5.61. The number of carbonyl (C=O) groups is 1. The summed E-state index contributed by atoms with van der Waals surface area (Å²) in [6.45, 7) is 6.14. The van der Waals surface area contributed by atoms with Gasteiger partial charge in [-0.05, 0) is 38.6 Å². The van der Waals surface area contributed by atoms with Crippen molar-refractivity contribution in [2.24, 2.45) is 5.92 Å². The zero-order valence-corrected chi connectivity index (χ0v) is 15.7. The van der Waals surface area contributed by atoms with Gasteiger partial charge in [0.1, 0.15) is 0 Å². The van der Waals surface area contributed by atoms with Gasteiger partial charge >= 0.3 is 0 Å². The van der Waals surface area contributed by atoms with Gasteiger partial charge in [0.15, 0.2) is 0 Å². The van der Waals surface area contributed by atoms with E-state index in [9.17, 15) is 4.79 Å². The Balaban J connectivity index is 1.61. The van der Waals surface area contributed by atoms with Crippen LogP contribution in [0.25, 0.3) is 0 Å². The normalized spacial score (nSPS) is 23.5. The molecule has 1 aromatic rings. The predicted molar refractivity (Wildman–Crippen MR) is 98.5 cm³/mol. The van der Waals surface area contributed by atoms with Crippen LogP contribution in [0.3, 0.4) is 0 Å². The maximum Gasteiger partial charge on any atom is 0.227 e. The van der Waals surface area contributed by atoms with Crippen LogP contribution in [0.5, 0.6) is 0 Å². The molecule has 6 heteroatoms. The average Bonchev–Trinajstić information content (AvgIpc) is 2.59. The van der Waals surface area contributed by atoms with Gasteiger partial charge in [0.25, 0.3) is 0 Å². The van der Waals surface area contributed by atoms with Crippen LogP contribution in [0.15, 0.2) is 18.2 Å². The van der Waals surface area contributed by atoms with Crippen molar-refractivity contribution in [1.29, 1.82) is 0 Å². The summed E-state index contributed by atoms with van der Waals surface area (Å²) >= 11 is 12.6. The highest BCUT2D eigenvalue weighted by atomic mass is 35.5. The molecule has 132 valence electrons. The Morgan fingerprint density at radius 3 is 2.46 bits per heavy atom. The summed E-state index contributed by atoms with van der Waals surface area (Å²) < 4.78 is 0. The van der Waals surface area contributed by atoms with Crippen molar-refractivity contribution in [3.05, 3.63) is 33.8 Å². The van der Waals surface area contributed by atoms with Crippen LogP contribution in [0.1, 0.15) is 18.4 Å². The molecule has 0 bridgehead atoms. The van der Waals surface area contributed by atoms with Crippen LogP contribution in [0.4, 0.5) is 0 Å². The topological polar surface area (TPSA) is 26.8 Å². The van der Waals surface area contributed by atoms with E-state index in [1.165, 1.54) is 0 Å². The Morgan fingerprint density at radius 1 is 1.12 bits per heavy atom. The third kappa shape index (κ3) is 4.23. The fourth-order valence-electron chi connectivity index (χ4n) is 3.59. The van der Waals surface area contributed by atoms with Crippen LogP contribution in [0.2, 0.25) is 10.0 Å². The predicted octanol–water partition coefficient (Wildman–Crippen LogP) is 2.98. The van der Waals surface area contributed by atoms with E-state index < -0.39 is 0 Å². The zero-order valence-electron chi connectivity index (χ0n) is 14.2. The maximum atomic E-state index is 12.8. The molecule has 0 aliphatic carbocycles. The van der Waals surface area contributed by atoms with Crippen molar-refractivity contribution < 1.29 is 4.79 Å². The number of likely N-dealkylation sites (tertiary alicyclic amines) is 1. The van der Waals surface area contributed by atoms with Gasteiger partial charge in [-0.2, -0.15) is 0 Å². The molecule has 2 fully saturated rings. The molecule has 0 spiro atoms. The highest BCUT2D eigenvalue weighted by Gasteiger charge is 2.30. The summed E-state index contributed by atoms with van der Waals surface area (Å²) in [5.74, 6) is 0.418. The highest BCUT2D eigenvalue weighted by molar-refractivity contribution is 6.35. The summed E-state index contributed by atoms with van der Waals surface area (Å²) in [4.78, 5) is 19.4. The number of hydrogen-bond donors (Lipinski definition) is 0. The molecule has 0 aromatic heterocycles. The van der Waals surface area contributed by atoms with E-state index in [4.69, 9.17) is 23.2 Å². The van der Waals surface area contributed by atoms with Crippen molar-refractivity contribution in [1.82, 2.24) is 14.7 Å². The first-order valence-electron chi connectivity index (χ1n) is 8.67. The molecule has 0 N–H and O–H groups in total. The monoisotopic (exact) mass is 369 g/mol. The third-order valence-electron chi connectivity index (χ3n) is 5.11.